The Morgan fingerprint density at radius 2 is 2.05 bits per heavy atom. The third-order valence-corrected chi connectivity index (χ3v) is 4.37. The van der Waals surface area contributed by atoms with Crippen molar-refractivity contribution in [3.05, 3.63) is 52.3 Å². The highest BCUT2D eigenvalue weighted by atomic mass is 79.9. The highest BCUT2D eigenvalue weighted by Crippen LogP contribution is 2.20. The van der Waals surface area contributed by atoms with Crippen molar-refractivity contribution in [2.45, 2.75) is 11.8 Å². The van der Waals surface area contributed by atoms with Crippen molar-refractivity contribution in [3.63, 3.8) is 0 Å². The Morgan fingerprint density at radius 1 is 1.30 bits per heavy atom. The minimum Gasteiger partial charge on any atom is -0.278 e. The average Bonchev–Trinajstić information content (AvgIpc) is 2.42. The molecule has 0 aliphatic carbocycles. The number of halogens is 1. The summed E-state index contributed by atoms with van der Waals surface area (Å²) in [7, 11) is -3.74. The molecule has 5 nitrogen and oxygen atoms in total. The molecule has 0 aliphatic heterocycles. The van der Waals surface area contributed by atoms with Gasteiger partial charge in [0.1, 0.15) is 4.60 Å². The van der Waals surface area contributed by atoms with Crippen molar-refractivity contribution in [2.24, 2.45) is 0 Å². The third-order valence-electron chi connectivity index (χ3n) is 2.57. The van der Waals surface area contributed by atoms with Gasteiger partial charge in [-0.3, -0.25) is 4.72 Å². The summed E-state index contributed by atoms with van der Waals surface area (Å²) in [6.45, 7) is 1.70. The number of nitriles is 1. The molecule has 0 spiro atoms. The first-order valence-corrected chi connectivity index (χ1v) is 7.86. The van der Waals surface area contributed by atoms with Crippen LogP contribution in [0, 0.1) is 18.3 Å². The van der Waals surface area contributed by atoms with Crippen LogP contribution in [-0.4, -0.2) is 13.4 Å². The topological polar surface area (TPSA) is 82.8 Å². The number of aromatic nitrogens is 1. The highest BCUT2D eigenvalue weighted by molar-refractivity contribution is 9.10. The molecule has 0 amide bonds. The number of pyridine rings is 1. The van der Waals surface area contributed by atoms with E-state index in [0.29, 0.717) is 21.5 Å². The Kier molecular flexibility index (Phi) is 4.06. The number of rotatable bonds is 3. The van der Waals surface area contributed by atoms with E-state index in [-0.39, 0.29) is 4.90 Å². The van der Waals surface area contributed by atoms with Crippen LogP contribution in [0.2, 0.25) is 0 Å². The van der Waals surface area contributed by atoms with Gasteiger partial charge in [0.25, 0.3) is 10.0 Å². The summed E-state index contributed by atoms with van der Waals surface area (Å²) in [4.78, 5) is 4.16. The molecule has 0 saturated heterocycles. The first kappa shape index (κ1) is 14.5. The van der Waals surface area contributed by atoms with Crippen molar-refractivity contribution in [2.75, 3.05) is 4.72 Å². The molecular weight excluding hydrogens is 342 g/mol. The van der Waals surface area contributed by atoms with Crippen LogP contribution in [0.15, 0.2) is 45.9 Å². The lowest BCUT2D eigenvalue weighted by Gasteiger charge is -2.10. The number of hydrogen-bond donors (Lipinski definition) is 1. The lowest BCUT2D eigenvalue weighted by Crippen LogP contribution is -2.14. The van der Waals surface area contributed by atoms with Gasteiger partial charge in [-0.2, -0.15) is 5.26 Å². The van der Waals surface area contributed by atoms with Crippen LogP contribution in [0.25, 0.3) is 0 Å². The van der Waals surface area contributed by atoms with E-state index in [2.05, 4.69) is 25.6 Å². The summed E-state index contributed by atoms with van der Waals surface area (Å²) in [5.41, 5.74) is 1.24. The number of nitrogens with zero attached hydrogens (tertiary/aromatic N) is 2. The zero-order chi connectivity index (χ0) is 14.8. The SMILES string of the molecule is Cc1nc(Br)ccc1NS(=O)(=O)c1cccc(C#N)c1. The second kappa shape index (κ2) is 5.61. The minimum atomic E-state index is -3.74. The van der Waals surface area contributed by atoms with Crippen LogP contribution in [0.4, 0.5) is 5.69 Å². The van der Waals surface area contributed by atoms with E-state index in [1.165, 1.54) is 18.2 Å². The molecule has 2 rings (SSSR count). The second-order valence-corrected chi connectivity index (χ2v) is 6.51. The zero-order valence-corrected chi connectivity index (χ0v) is 12.9. The van der Waals surface area contributed by atoms with E-state index in [1.807, 2.05) is 6.07 Å². The molecule has 1 aromatic carbocycles. The maximum Gasteiger partial charge on any atom is 0.261 e. The number of nitrogens with one attached hydrogen (secondary N) is 1. The molecule has 0 radical (unpaired) electrons. The van der Waals surface area contributed by atoms with Crippen LogP contribution in [0.1, 0.15) is 11.3 Å². The van der Waals surface area contributed by atoms with Crippen LogP contribution in [0.5, 0.6) is 0 Å². The van der Waals surface area contributed by atoms with Gasteiger partial charge in [0.2, 0.25) is 0 Å². The first-order chi connectivity index (χ1) is 9.42. The summed E-state index contributed by atoms with van der Waals surface area (Å²) in [6.07, 6.45) is 0. The average molecular weight is 352 g/mol. The summed E-state index contributed by atoms with van der Waals surface area (Å²) in [6, 6.07) is 11.0. The zero-order valence-electron chi connectivity index (χ0n) is 10.5. The van der Waals surface area contributed by atoms with Gasteiger partial charge < -0.3 is 0 Å². The molecule has 2 aromatic rings. The van der Waals surface area contributed by atoms with Crippen molar-refractivity contribution >= 4 is 31.6 Å². The van der Waals surface area contributed by atoms with Gasteiger partial charge in [-0.1, -0.05) is 6.07 Å². The molecule has 7 heteroatoms. The fraction of sp³-hybridized carbons (Fsp3) is 0.0769. The molecule has 0 unspecified atom stereocenters. The minimum absolute atomic E-state index is 0.0406. The number of anilines is 1. The van der Waals surface area contributed by atoms with E-state index in [4.69, 9.17) is 5.26 Å². The Hall–Kier alpha value is -1.91. The smallest absolute Gasteiger partial charge is 0.261 e. The van der Waals surface area contributed by atoms with Gasteiger partial charge in [-0.25, -0.2) is 13.4 Å². The van der Waals surface area contributed by atoms with E-state index >= 15 is 0 Å². The Balaban J connectivity index is 2.38. The Labute approximate surface area is 125 Å². The molecule has 1 N–H and O–H groups in total. The highest BCUT2D eigenvalue weighted by Gasteiger charge is 2.16. The summed E-state index contributed by atoms with van der Waals surface area (Å²) in [5, 5.41) is 8.81. The maximum absolute atomic E-state index is 12.2. The summed E-state index contributed by atoms with van der Waals surface area (Å²) < 4.78 is 27.6. The van der Waals surface area contributed by atoms with Crippen LogP contribution in [-0.2, 0) is 10.0 Å². The van der Waals surface area contributed by atoms with Gasteiger partial charge in [-0.05, 0) is 53.2 Å². The normalized spacial score (nSPS) is 10.8. The predicted molar refractivity (Wildman–Crippen MR) is 78.6 cm³/mol. The molecule has 1 aromatic heterocycles. The molecule has 0 atom stereocenters. The molecule has 0 saturated carbocycles. The van der Waals surface area contributed by atoms with E-state index in [9.17, 15) is 8.42 Å². The van der Waals surface area contributed by atoms with E-state index in [0.717, 1.165) is 0 Å². The number of benzene rings is 1. The number of hydrogen-bond acceptors (Lipinski definition) is 4. The van der Waals surface area contributed by atoms with Gasteiger partial charge in [0.05, 0.1) is 27.9 Å². The Bertz CT molecular complexity index is 798. The monoisotopic (exact) mass is 351 g/mol. The summed E-state index contributed by atoms with van der Waals surface area (Å²) in [5.74, 6) is 0. The number of aryl methyl sites for hydroxylation is 1. The standard InChI is InChI=1S/C13H10BrN3O2S/c1-9-12(5-6-13(14)16-9)17-20(18,19)11-4-2-3-10(7-11)8-15/h2-7,17H,1H3. The molecule has 0 fully saturated rings. The molecule has 20 heavy (non-hydrogen) atoms. The van der Waals surface area contributed by atoms with Crippen molar-refractivity contribution in [1.29, 1.82) is 5.26 Å². The second-order valence-electron chi connectivity index (χ2n) is 4.01. The van der Waals surface area contributed by atoms with Crippen LogP contribution < -0.4 is 4.72 Å². The molecule has 102 valence electrons. The van der Waals surface area contributed by atoms with Crippen LogP contribution >= 0.6 is 15.9 Å². The molecule has 0 bridgehead atoms. The quantitative estimate of drug-likeness (QED) is 0.861. The Morgan fingerprint density at radius 3 is 2.70 bits per heavy atom. The van der Waals surface area contributed by atoms with Gasteiger partial charge in [-0.15, -0.1) is 0 Å². The third kappa shape index (κ3) is 3.15. The molecular formula is C13H10BrN3O2S. The van der Waals surface area contributed by atoms with Gasteiger partial charge >= 0.3 is 0 Å². The van der Waals surface area contributed by atoms with E-state index < -0.39 is 10.0 Å². The van der Waals surface area contributed by atoms with Gasteiger partial charge in [0, 0.05) is 0 Å². The fourth-order valence-corrected chi connectivity index (χ4v) is 3.14. The summed E-state index contributed by atoms with van der Waals surface area (Å²) >= 11 is 3.22. The van der Waals surface area contributed by atoms with Crippen molar-refractivity contribution in [1.82, 2.24) is 4.98 Å². The molecule has 1 heterocycles. The van der Waals surface area contributed by atoms with Crippen LogP contribution in [0.3, 0.4) is 0 Å². The van der Waals surface area contributed by atoms with Gasteiger partial charge in [0.15, 0.2) is 0 Å². The lowest BCUT2D eigenvalue weighted by molar-refractivity contribution is 0.601. The largest absolute Gasteiger partial charge is 0.278 e. The maximum atomic E-state index is 12.2. The predicted octanol–water partition coefficient (Wildman–Crippen LogP) is 2.83. The van der Waals surface area contributed by atoms with Crippen molar-refractivity contribution < 1.29 is 8.42 Å². The number of sulfonamides is 1. The van der Waals surface area contributed by atoms with Crippen molar-refractivity contribution in [3.8, 4) is 6.07 Å². The molecule has 0 aliphatic rings. The van der Waals surface area contributed by atoms with E-state index in [1.54, 1.807) is 25.1 Å². The fourth-order valence-electron chi connectivity index (χ4n) is 1.57. The lowest BCUT2D eigenvalue weighted by atomic mass is 10.2. The first-order valence-electron chi connectivity index (χ1n) is 5.58.